The molecule has 0 radical (unpaired) electrons. The topological polar surface area (TPSA) is 83.3 Å². The van der Waals surface area contributed by atoms with Gasteiger partial charge in [0.1, 0.15) is 18.0 Å². The van der Waals surface area contributed by atoms with E-state index in [-0.39, 0.29) is 24.1 Å². The van der Waals surface area contributed by atoms with Crippen molar-refractivity contribution in [3.63, 3.8) is 0 Å². The van der Waals surface area contributed by atoms with Crippen LogP contribution in [-0.4, -0.2) is 36.9 Å². The van der Waals surface area contributed by atoms with Crippen molar-refractivity contribution in [1.29, 1.82) is 5.26 Å². The van der Waals surface area contributed by atoms with Crippen molar-refractivity contribution < 1.29 is 17.5 Å². The Morgan fingerprint density at radius 2 is 1.91 bits per heavy atom. The number of hydrogen-bond acceptors (Lipinski definition) is 5. The minimum atomic E-state index is -3.63. The Hall–Kier alpha value is -2.50. The van der Waals surface area contributed by atoms with Gasteiger partial charge in [-0.1, -0.05) is 0 Å². The number of halogens is 1. The van der Waals surface area contributed by atoms with Gasteiger partial charge in [-0.2, -0.15) is 9.57 Å². The maximum absolute atomic E-state index is 12.9. The summed E-state index contributed by atoms with van der Waals surface area (Å²) in [6.45, 7) is 0.392. The minimum Gasteiger partial charge on any atom is -0.472 e. The molecule has 118 valence electrons. The van der Waals surface area contributed by atoms with E-state index in [9.17, 15) is 12.8 Å². The molecule has 1 aliphatic rings. The molecule has 0 amide bonds. The first-order valence-electron chi connectivity index (χ1n) is 6.77. The average Bonchev–Trinajstić information content (AvgIpc) is 2.51. The fraction of sp³-hybridized carbons (Fsp3) is 0.200. The summed E-state index contributed by atoms with van der Waals surface area (Å²) in [6, 6.07) is 9.79. The fourth-order valence-corrected chi connectivity index (χ4v) is 3.62. The third kappa shape index (κ3) is 3.16. The van der Waals surface area contributed by atoms with Gasteiger partial charge in [0.2, 0.25) is 15.9 Å². The van der Waals surface area contributed by atoms with E-state index >= 15 is 0 Å². The van der Waals surface area contributed by atoms with E-state index in [4.69, 9.17) is 10.00 Å². The molecule has 1 aliphatic heterocycles. The van der Waals surface area contributed by atoms with Crippen molar-refractivity contribution >= 4 is 10.0 Å². The average molecular weight is 333 g/mol. The lowest BCUT2D eigenvalue weighted by Gasteiger charge is -2.37. The molecule has 0 spiro atoms. The third-order valence-corrected chi connectivity index (χ3v) is 5.26. The fourth-order valence-electron chi connectivity index (χ4n) is 2.11. The summed E-state index contributed by atoms with van der Waals surface area (Å²) in [7, 11) is -3.63. The first-order valence-corrected chi connectivity index (χ1v) is 8.21. The first kappa shape index (κ1) is 15.4. The van der Waals surface area contributed by atoms with E-state index in [1.807, 2.05) is 6.07 Å². The summed E-state index contributed by atoms with van der Waals surface area (Å²) in [5.41, 5.74) is 0.423. The van der Waals surface area contributed by atoms with Crippen LogP contribution in [0.4, 0.5) is 4.39 Å². The summed E-state index contributed by atoms with van der Waals surface area (Å²) in [4.78, 5) is 4.02. The molecule has 0 aliphatic carbocycles. The monoisotopic (exact) mass is 333 g/mol. The van der Waals surface area contributed by atoms with E-state index in [0.29, 0.717) is 11.4 Å². The predicted octanol–water partition coefficient (Wildman–Crippen LogP) is 1.54. The van der Waals surface area contributed by atoms with Crippen LogP contribution in [0.5, 0.6) is 5.88 Å². The molecule has 8 heteroatoms. The van der Waals surface area contributed by atoms with Crippen LogP contribution in [0.3, 0.4) is 0 Å². The minimum absolute atomic E-state index is 0.0499. The molecular weight excluding hydrogens is 321 g/mol. The van der Waals surface area contributed by atoms with Crippen molar-refractivity contribution in [1.82, 2.24) is 9.29 Å². The van der Waals surface area contributed by atoms with Crippen molar-refractivity contribution in [2.75, 3.05) is 13.1 Å². The standard InChI is InChI=1S/C15H12FN3O3S/c16-12-2-4-14(5-3-12)23(20,21)19-9-13(10-19)22-15-6-1-11(7-17)8-18-15/h1-6,8,13H,9-10H2. The molecule has 0 atom stereocenters. The third-order valence-electron chi connectivity index (χ3n) is 3.42. The number of nitrogens with zero attached hydrogens (tertiary/aromatic N) is 3. The van der Waals surface area contributed by atoms with E-state index in [1.54, 1.807) is 12.1 Å². The molecule has 1 aromatic carbocycles. The molecule has 0 saturated carbocycles. The highest BCUT2D eigenvalue weighted by molar-refractivity contribution is 7.89. The van der Waals surface area contributed by atoms with Gasteiger partial charge in [-0.25, -0.2) is 17.8 Å². The van der Waals surface area contributed by atoms with Gasteiger partial charge in [0.25, 0.3) is 0 Å². The van der Waals surface area contributed by atoms with Gasteiger partial charge >= 0.3 is 0 Å². The molecule has 6 nitrogen and oxygen atoms in total. The first-order chi connectivity index (χ1) is 11.0. The number of aromatic nitrogens is 1. The van der Waals surface area contributed by atoms with Gasteiger partial charge in [0, 0.05) is 12.3 Å². The second kappa shape index (κ2) is 5.95. The summed E-state index contributed by atoms with van der Waals surface area (Å²) in [5.74, 6) is -0.145. The Morgan fingerprint density at radius 1 is 1.22 bits per heavy atom. The SMILES string of the molecule is N#Cc1ccc(OC2CN(S(=O)(=O)c3ccc(F)cc3)C2)nc1. The van der Waals surface area contributed by atoms with Crippen LogP contribution >= 0.6 is 0 Å². The Balaban J connectivity index is 1.61. The second-order valence-electron chi connectivity index (χ2n) is 5.01. The Kier molecular flexibility index (Phi) is 3.98. The zero-order valence-corrected chi connectivity index (χ0v) is 12.7. The van der Waals surface area contributed by atoms with Crippen molar-refractivity contribution in [2.45, 2.75) is 11.0 Å². The van der Waals surface area contributed by atoms with Gasteiger partial charge < -0.3 is 4.74 Å². The zero-order valence-electron chi connectivity index (χ0n) is 11.9. The number of hydrogen-bond donors (Lipinski definition) is 0. The number of pyridine rings is 1. The van der Waals surface area contributed by atoms with Crippen LogP contribution in [0.25, 0.3) is 0 Å². The van der Waals surface area contributed by atoms with Crippen LogP contribution < -0.4 is 4.74 Å². The van der Waals surface area contributed by atoms with Crippen molar-refractivity contribution in [3.8, 4) is 11.9 Å². The van der Waals surface area contributed by atoms with Gasteiger partial charge in [0.15, 0.2) is 0 Å². The molecule has 0 unspecified atom stereocenters. The molecule has 1 fully saturated rings. The summed E-state index contributed by atoms with van der Waals surface area (Å²) >= 11 is 0. The Morgan fingerprint density at radius 3 is 2.48 bits per heavy atom. The van der Waals surface area contributed by atoms with E-state index < -0.39 is 15.8 Å². The van der Waals surface area contributed by atoms with Crippen LogP contribution in [0.2, 0.25) is 0 Å². The summed E-state index contributed by atoms with van der Waals surface area (Å²) < 4.78 is 44.3. The van der Waals surface area contributed by atoms with Crippen LogP contribution in [0.15, 0.2) is 47.5 Å². The lowest BCUT2D eigenvalue weighted by Crippen LogP contribution is -2.56. The lowest BCUT2D eigenvalue weighted by atomic mass is 10.2. The van der Waals surface area contributed by atoms with E-state index in [2.05, 4.69) is 4.98 Å². The Bertz CT molecular complexity index is 839. The molecular formula is C15H12FN3O3S. The lowest BCUT2D eigenvalue weighted by molar-refractivity contribution is 0.0721. The molecule has 23 heavy (non-hydrogen) atoms. The van der Waals surface area contributed by atoms with E-state index in [1.165, 1.54) is 22.6 Å². The predicted molar refractivity (Wildman–Crippen MR) is 78.5 cm³/mol. The highest BCUT2D eigenvalue weighted by atomic mass is 32.2. The molecule has 3 rings (SSSR count). The molecule has 2 aromatic rings. The van der Waals surface area contributed by atoms with Crippen molar-refractivity contribution in [3.05, 3.63) is 54.0 Å². The van der Waals surface area contributed by atoms with Gasteiger partial charge in [-0.15, -0.1) is 0 Å². The number of sulfonamides is 1. The Labute approximate surface area is 132 Å². The molecule has 0 bridgehead atoms. The van der Waals surface area contributed by atoms with Crippen LogP contribution in [0, 0.1) is 17.1 Å². The zero-order chi connectivity index (χ0) is 16.4. The largest absolute Gasteiger partial charge is 0.472 e. The normalized spacial score (nSPS) is 15.7. The maximum atomic E-state index is 12.9. The molecule has 0 N–H and O–H groups in total. The number of rotatable bonds is 4. The van der Waals surface area contributed by atoms with Crippen LogP contribution in [0.1, 0.15) is 5.56 Å². The number of benzene rings is 1. The van der Waals surface area contributed by atoms with Crippen LogP contribution in [-0.2, 0) is 10.0 Å². The molecule has 2 heterocycles. The number of ether oxygens (including phenoxy) is 1. The summed E-state index contributed by atoms with van der Waals surface area (Å²) in [6.07, 6.45) is 1.09. The quantitative estimate of drug-likeness (QED) is 0.847. The molecule has 1 aromatic heterocycles. The summed E-state index contributed by atoms with van der Waals surface area (Å²) in [5, 5.41) is 8.69. The van der Waals surface area contributed by atoms with E-state index in [0.717, 1.165) is 12.1 Å². The smallest absolute Gasteiger partial charge is 0.243 e. The number of nitriles is 1. The van der Waals surface area contributed by atoms with Gasteiger partial charge in [-0.05, 0) is 30.3 Å². The molecule has 1 saturated heterocycles. The maximum Gasteiger partial charge on any atom is 0.243 e. The van der Waals surface area contributed by atoms with Gasteiger partial charge in [0.05, 0.1) is 23.5 Å². The van der Waals surface area contributed by atoms with Gasteiger partial charge in [-0.3, -0.25) is 0 Å². The second-order valence-corrected chi connectivity index (χ2v) is 6.95. The highest BCUT2D eigenvalue weighted by Crippen LogP contribution is 2.24. The van der Waals surface area contributed by atoms with Crippen molar-refractivity contribution in [2.24, 2.45) is 0 Å². The highest BCUT2D eigenvalue weighted by Gasteiger charge is 2.38.